The van der Waals surface area contributed by atoms with E-state index < -0.39 is 0 Å². The largest absolute Gasteiger partial charge is 0.411 e. The van der Waals surface area contributed by atoms with Crippen LogP contribution in [-0.4, -0.2) is 17.2 Å². The van der Waals surface area contributed by atoms with Crippen LogP contribution in [0.3, 0.4) is 0 Å². The summed E-state index contributed by atoms with van der Waals surface area (Å²) in [5, 5.41) is 12.0. The first-order valence-corrected chi connectivity index (χ1v) is 5.19. The van der Waals surface area contributed by atoms with E-state index in [0.29, 0.717) is 0 Å². The van der Waals surface area contributed by atoms with Crippen molar-refractivity contribution in [2.75, 3.05) is 6.26 Å². The topological polar surface area (TPSA) is 32.6 Å². The van der Waals surface area contributed by atoms with Gasteiger partial charge >= 0.3 is 0 Å². The van der Waals surface area contributed by atoms with E-state index >= 15 is 0 Å². The van der Waals surface area contributed by atoms with Crippen molar-refractivity contribution in [3.8, 4) is 0 Å². The molecule has 0 aromatic rings. The molecule has 12 heavy (non-hydrogen) atoms. The fourth-order valence-corrected chi connectivity index (χ4v) is 1.67. The molecule has 0 aromatic heterocycles. The lowest BCUT2D eigenvalue weighted by molar-refractivity contribution is 0.318. The van der Waals surface area contributed by atoms with Crippen LogP contribution in [-0.2, 0) is 0 Å². The maximum absolute atomic E-state index is 8.72. The second-order valence-corrected chi connectivity index (χ2v) is 3.54. The standard InChI is InChI=1S/C9H13NOS/c1-3-7-4-5-8(12-2)6-9(7)10-11/h4-5,11H,3,6H2,1-2H3. The quantitative estimate of drug-likeness (QED) is 0.527. The molecule has 0 heterocycles. The number of nitrogens with zero attached hydrogens (tertiary/aromatic N) is 1. The van der Waals surface area contributed by atoms with Gasteiger partial charge in [-0.3, -0.25) is 0 Å². The van der Waals surface area contributed by atoms with E-state index in [1.165, 1.54) is 4.91 Å². The van der Waals surface area contributed by atoms with Crippen LogP contribution in [0.2, 0.25) is 0 Å². The summed E-state index contributed by atoms with van der Waals surface area (Å²) in [4.78, 5) is 1.25. The van der Waals surface area contributed by atoms with Crippen molar-refractivity contribution in [3.05, 3.63) is 22.6 Å². The first-order chi connectivity index (χ1) is 5.81. The predicted molar refractivity (Wildman–Crippen MR) is 53.8 cm³/mol. The van der Waals surface area contributed by atoms with Crippen LogP contribution in [0.5, 0.6) is 0 Å². The number of allylic oxidation sites excluding steroid dienone is 4. The number of oxime groups is 1. The molecule has 0 radical (unpaired) electrons. The summed E-state index contributed by atoms with van der Waals surface area (Å²) in [5.74, 6) is 0. The Morgan fingerprint density at radius 2 is 2.33 bits per heavy atom. The summed E-state index contributed by atoms with van der Waals surface area (Å²) in [6, 6.07) is 0. The van der Waals surface area contributed by atoms with Crippen LogP contribution in [0, 0.1) is 0 Å². The molecule has 0 bridgehead atoms. The van der Waals surface area contributed by atoms with E-state index in [2.05, 4.69) is 18.2 Å². The van der Waals surface area contributed by atoms with Crippen LogP contribution < -0.4 is 0 Å². The number of hydrogen-bond acceptors (Lipinski definition) is 3. The smallest absolute Gasteiger partial charge is 0.0876 e. The third kappa shape index (κ3) is 1.91. The Kier molecular flexibility index (Phi) is 3.41. The highest BCUT2D eigenvalue weighted by atomic mass is 32.2. The Balaban J connectivity index is 2.85. The van der Waals surface area contributed by atoms with Gasteiger partial charge in [0.2, 0.25) is 0 Å². The molecule has 1 aliphatic rings. The number of hydrogen-bond donors (Lipinski definition) is 1. The molecule has 1 aliphatic carbocycles. The van der Waals surface area contributed by atoms with Gasteiger partial charge in [0.1, 0.15) is 0 Å². The van der Waals surface area contributed by atoms with Crippen molar-refractivity contribution in [1.82, 2.24) is 0 Å². The molecule has 1 rings (SSSR count). The van der Waals surface area contributed by atoms with Gasteiger partial charge in [-0.1, -0.05) is 24.2 Å². The Morgan fingerprint density at radius 3 is 2.83 bits per heavy atom. The van der Waals surface area contributed by atoms with E-state index in [4.69, 9.17) is 5.21 Å². The molecule has 0 fully saturated rings. The molecule has 0 aromatic carbocycles. The lowest BCUT2D eigenvalue weighted by Crippen LogP contribution is -2.06. The molecule has 0 spiro atoms. The summed E-state index contributed by atoms with van der Waals surface area (Å²) in [5.41, 5.74) is 1.94. The zero-order valence-electron chi connectivity index (χ0n) is 7.37. The van der Waals surface area contributed by atoms with Crippen LogP contribution in [0.25, 0.3) is 0 Å². The maximum Gasteiger partial charge on any atom is 0.0876 e. The number of rotatable bonds is 2. The molecule has 0 saturated carbocycles. The van der Waals surface area contributed by atoms with Gasteiger partial charge < -0.3 is 5.21 Å². The first kappa shape index (κ1) is 9.39. The average Bonchev–Trinajstić information content (AvgIpc) is 2.16. The van der Waals surface area contributed by atoms with Crippen molar-refractivity contribution in [1.29, 1.82) is 0 Å². The van der Waals surface area contributed by atoms with E-state index in [1.54, 1.807) is 11.8 Å². The summed E-state index contributed by atoms with van der Waals surface area (Å²) >= 11 is 1.70. The molecule has 0 atom stereocenters. The minimum Gasteiger partial charge on any atom is -0.411 e. The van der Waals surface area contributed by atoms with Gasteiger partial charge in [-0.15, -0.1) is 11.8 Å². The molecule has 3 heteroatoms. The summed E-state index contributed by atoms with van der Waals surface area (Å²) in [7, 11) is 0. The fourth-order valence-electron chi connectivity index (χ4n) is 1.19. The zero-order chi connectivity index (χ0) is 8.97. The Labute approximate surface area is 77.0 Å². The van der Waals surface area contributed by atoms with E-state index in [9.17, 15) is 0 Å². The second kappa shape index (κ2) is 4.36. The van der Waals surface area contributed by atoms with Crippen molar-refractivity contribution in [3.63, 3.8) is 0 Å². The summed E-state index contributed by atoms with van der Waals surface area (Å²) < 4.78 is 0. The lowest BCUT2D eigenvalue weighted by atomic mass is 10.0. The SMILES string of the molecule is CCC1=CC=C(SC)CC1=NO. The van der Waals surface area contributed by atoms with Crippen molar-refractivity contribution < 1.29 is 5.21 Å². The molecule has 0 aliphatic heterocycles. The van der Waals surface area contributed by atoms with Gasteiger partial charge in [0, 0.05) is 6.42 Å². The molecule has 0 saturated heterocycles. The Bertz CT molecular complexity index is 253. The van der Waals surface area contributed by atoms with E-state index in [-0.39, 0.29) is 0 Å². The van der Waals surface area contributed by atoms with Crippen molar-refractivity contribution in [2.45, 2.75) is 19.8 Å². The van der Waals surface area contributed by atoms with Gasteiger partial charge in [0.05, 0.1) is 5.71 Å². The highest BCUT2D eigenvalue weighted by Crippen LogP contribution is 2.24. The second-order valence-electron chi connectivity index (χ2n) is 2.61. The predicted octanol–water partition coefficient (Wildman–Crippen LogP) is 2.80. The summed E-state index contributed by atoms with van der Waals surface area (Å²) in [6.07, 6.45) is 7.86. The van der Waals surface area contributed by atoms with Gasteiger partial charge in [-0.25, -0.2) is 0 Å². The van der Waals surface area contributed by atoms with E-state index in [0.717, 1.165) is 24.1 Å². The molecular weight excluding hydrogens is 170 g/mol. The highest BCUT2D eigenvalue weighted by molar-refractivity contribution is 8.02. The van der Waals surface area contributed by atoms with Gasteiger partial charge in [-0.05, 0) is 23.2 Å². The third-order valence-electron chi connectivity index (χ3n) is 1.95. The van der Waals surface area contributed by atoms with Crippen LogP contribution >= 0.6 is 11.8 Å². The van der Waals surface area contributed by atoms with Crippen LogP contribution in [0.4, 0.5) is 0 Å². The summed E-state index contributed by atoms with van der Waals surface area (Å²) in [6.45, 7) is 2.06. The third-order valence-corrected chi connectivity index (χ3v) is 2.75. The van der Waals surface area contributed by atoms with Gasteiger partial charge in [0.15, 0.2) is 0 Å². The average molecular weight is 183 g/mol. The Hall–Kier alpha value is -0.700. The normalized spacial score (nSPS) is 20.7. The monoisotopic (exact) mass is 183 g/mol. The minimum absolute atomic E-state index is 0.775. The maximum atomic E-state index is 8.72. The van der Waals surface area contributed by atoms with Crippen LogP contribution in [0.1, 0.15) is 19.8 Å². The Morgan fingerprint density at radius 1 is 1.58 bits per heavy atom. The van der Waals surface area contributed by atoms with Gasteiger partial charge in [-0.2, -0.15) is 0 Å². The minimum atomic E-state index is 0.775. The molecule has 2 nitrogen and oxygen atoms in total. The lowest BCUT2D eigenvalue weighted by Gasteiger charge is -2.12. The molecular formula is C9H13NOS. The number of thioether (sulfide) groups is 1. The molecule has 1 N–H and O–H groups in total. The fraction of sp³-hybridized carbons (Fsp3) is 0.444. The van der Waals surface area contributed by atoms with Crippen LogP contribution in [0.15, 0.2) is 27.8 Å². The molecule has 66 valence electrons. The van der Waals surface area contributed by atoms with E-state index in [1.807, 2.05) is 12.3 Å². The van der Waals surface area contributed by atoms with Crippen molar-refractivity contribution >= 4 is 17.5 Å². The highest BCUT2D eigenvalue weighted by Gasteiger charge is 2.11. The van der Waals surface area contributed by atoms with Crippen molar-refractivity contribution in [2.24, 2.45) is 5.16 Å². The molecule has 0 amide bonds. The molecule has 0 unspecified atom stereocenters. The first-order valence-electron chi connectivity index (χ1n) is 3.96. The zero-order valence-corrected chi connectivity index (χ0v) is 8.19. The van der Waals surface area contributed by atoms with Gasteiger partial charge in [0.25, 0.3) is 0 Å².